The van der Waals surface area contributed by atoms with Crippen molar-refractivity contribution in [3.8, 4) is 0 Å². The Balaban J connectivity index is 1.57. The van der Waals surface area contributed by atoms with E-state index in [1.54, 1.807) is 11.3 Å². The number of hydrogen-bond donors (Lipinski definition) is 2. The first-order valence-electron chi connectivity index (χ1n) is 6.32. The topological polar surface area (TPSA) is 41.1 Å². The Morgan fingerprint density at radius 3 is 2.89 bits per heavy atom. The average Bonchev–Trinajstić information content (AvgIpc) is 2.84. The second kappa shape index (κ2) is 3.80. The molecule has 0 radical (unpaired) electrons. The highest BCUT2D eigenvalue weighted by molar-refractivity contribution is 7.17. The van der Waals surface area contributed by atoms with E-state index in [4.69, 9.17) is 0 Å². The zero-order valence-corrected chi connectivity index (χ0v) is 10.7. The molecule has 3 nitrogen and oxygen atoms in total. The number of piperidine rings is 1. The Hall–Kier alpha value is -1.39. The first-order valence-corrected chi connectivity index (χ1v) is 7.20. The summed E-state index contributed by atoms with van der Waals surface area (Å²) in [6, 6.07) is 8.49. The third-order valence-corrected chi connectivity index (χ3v) is 5.08. The fraction of sp³-hybridized carbons (Fsp3) is 0.357. The maximum Gasteiger partial charge on any atom is 0.252 e. The van der Waals surface area contributed by atoms with E-state index in [-0.39, 0.29) is 5.91 Å². The van der Waals surface area contributed by atoms with Crippen molar-refractivity contribution in [1.82, 2.24) is 10.6 Å². The third-order valence-electron chi connectivity index (χ3n) is 4.12. The number of hydrogen-bond acceptors (Lipinski definition) is 3. The first-order chi connectivity index (χ1) is 8.84. The number of carbonyl (C=O) groups excluding carboxylic acids is 1. The zero-order chi connectivity index (χ0) is 12.1. The molecule has 4 heteroatoms. The van der Waals surface area contributed by atoms with Gasteiger partial charge in [-0.2, -0.15) is 0 Å². The van der Waals surface area contributed by atoms with Crippen molar-refractivity contribution in [3.05, 3.63) is 35.2 Å². The van der Waals surface area contributed by atoms with Crippen LogP contribution in [0.1, 0.15) is 10.4 Å². The van der Waals surface area contributed by atoms with Gasteiger partial charge in [-0.15, -0.1) is 11.3 Å². The minimum absolute atomic E-state index is 0.0897. The van der Waals surface area contributed by atoms with Crippen LogP contribution >= 0.6 is 11.3 Å². The Morgan fingerprint density at radius 1 is 1.28 bits per heavy atom. The fourth-order valence-corrected chi connectivity index (χ4v) is 3.96. The van der Waals surface area contributed by atoms with Crippen LogP contribution in [0.25, 0.3) is 10.1 Å². The summed E-state index contributed by atoms with van der Waals surface area (Å²) >= 11 is 1.64. The predicted molar refractivity (Wildman–Crippen MR) is 72.9 cm³/mol. The van der Waals surface area contributed by atoms with Crippen LogP contribution in [0.5, 0.6) is 0 Å². The molecule has 2 unspecified atom stereocenters. The molecule has 1 saturated carbocycles. The van der Waals surface area contributed by atoms with Crippen LogP contribution < -0.4 is 10.6 Å². The maximum absolute atomic E-state index is 12.3. The lowest BCUT2D eigenvalue weighted by Gasteiger charge is -2.07. The zero-order valence-electron chi connectivity index (χ0n) is 9.85. The fourth-order valence-electron chi connectivity index (χ4n) is 3.02. The van der Waals surface area contributed by atoms with Gasteiger partial charge in [0.15, 0.2) is 0 Å². The van der Waals surface area contributed by atoms with E-state index in [9.17, 15) is 4.79 Å². The lowest BCUT2D eigenvalue weighted by atomic mass is 10.1. The normalized spacial score (nSPS) is 29.2. The Morgan fingerprint density at radius 2 is 2.06 bits per heavy atom. The molecule has 18 heavy (non-hydrogen) atoms. The monoisotopic (exact) mass is 258 g/mol. The lowest BCUT2D eigenvalue weighted by molar-refractivity contribution is 0.0948. The number of benzene rings is 1. The highest BCUT2D eigenvalue weighted by Crippen LogP contribution is 2.42. The SMILES string of the molecule is O=C(NC1C2CNCC21)c1csc2ccccc12. The number of thiophene rings is 1. The number of carbonyl (C=O) groups is 1. The molecule has 0 bridgehead atoms. The number of fused-ring (bicyclic) bond motifs is 2. The molecule has 4 rings (SSSR count). The summed E-state index contributed by atoms with van der Waals surface area (Å²) in [6.07, 6.45) is 0. The molecule has 1 aromatic heterocycles. The molecule has 1 aromatic carbocycles. The van der Waals surface area contributed by atoms with E-state index in [2.05, 4.69) is 16.7 Å². The largest absolute Gasteiger partial charge is 0.349 e. The summed E-state index contributed by atoms with van der Waals surface area (Å²) in [5.74, 6) is 1.42. The standard InChI is InChI=1S/C14H14N2OS/c17-14(16-13-9-5-15-6-10(9)13)11-7-18-12-4-2-1-3-8(11)12/h1-4,7,9-10,13,15H,5-6H2,(H,16,17). The van der Waals surface area contributed by atoms with E-state index in [0.717, 1.165) is 24.0 Å². The molecule has 2 fully saturated rings. The molecule has 1 saturated heterocycles. The predicted octanol–water partition coefficient (Wildman–Crippen LogP) is 1.85. The van der Waals surface area contributed by atoms with E-state index in [0.29, 0.717) is 17.9 Å². The summed E-state index contributed by atoms with van der Waals surface area (Å²) in [5, 5.41) is 9.56. The van der Waals surface area contributed by atoms with Crippen LogP contribution in [0.4, 0.5) is 0 Å². The van der Waals surface area contributed by atoms with Gasteiger partial charge in [-0.05, 0) is 17.9 Å². The van der Waals surface area contributed by atoms with Gasteiger partial charge in [0, 0.05) is 34.6 Å². The van der Waals surface area contributed by atoms with Gasteiger partial charge in [-0.1, -0.05) is 18.2 Å². The average molecular weight is 258 g/mol. The van der Waals surface area contributed by atoms with Crippen molar-refractivity contribution >= 4 is 27.3 Å². The maximum atomic E-state index is 12.3. The molecule has 1 amide bonds. The molecule has 2 heterocycles. The Labute approximate surface area is 109 Å². The number of nitrogens with one attached hydrogen (secondary N) is 2. The van der Waals surface area contributed by atoms with Crippen LogP contribution in [0.2, 0.25) is 0 Å². The second-order valence-electron chi connectivity index (χ2n) is 5.13. The summed E-state index contributed by atoms with van der Waals surface area (Å²) in [4.78, 5) is 12.3. The summed E-state index contributed by atoms with van der Waals surface area (Å²) in [6.45, 7) is 2.11. The highest BCUT2D eigenvalue weighted by atomic mass is 32.1. The second-order valence-corrected chi connectivity index (χ2v) is 6.04. The van der Waals surface area contributed by atoms with Gasteiger partial charge in [0.25, 0.3) is 5.91 Å². The summed E-state index contributed by atoms with van der Waals surface area (Å²) < 4.78 is 1.18. The van der Waals surface area contributed by atoms with Crippen LogP contribution in [0.3, 0.4) is 0 Å². The van der Waals surface area contributed by atoms with Crippen LogP contribution in [-0.4, -0.2) is 25.0 Å². The van der Waals surface area contributed by atoms with E-state index in [1.165, 1.54) is 4.70 Å². The minimum atomic E-state index is 0.0897. The van der Waals surface area contributed by atoms with Gasteiger partial charge in [0.2, 0.25) is 0 Å². The van der Waals surface area contributed by atoms with Crippen LogP contribution in [0.15, 0.2) is 29.6 Å². The third kappa shape index (κ3) is 1.49. The van der Waals surface area contributed by atoms with Crippen molar-refractivity contribution in [1.29, 1.82) is 0 Å². The van der Waals surface area contributed by atoms with Crippen LogP contribution in [-0.2, 0) is 0 Å². The van der Waals surface area contributed by atoms with E-state index < -0.39 is 0 Å². The first kappa shape index (κ1) is 10.5. The summed E-state index contributed by atoms with van der Waals surface area (Å²) in [5.41, 5.74) is 0.827. The van der Waals surface area contributed by atoms with Gasteiger partial charge in [-0.3, -0.25) is 4.79 Å². The molecule has 1 aliphatic heterocycles. The number of rotatable bonds is 2. The van der Waals surface area contributed by atoms with Crippen molar-refractivity contribution < 1.29 is 4.79 Å². The van der Waals surface area contributed by atoms with Crippen molar-refractivity contribution in [2.24, 2.45) is 11.8 Å². The van der Waals surface area contributed by atoms with E-state index in [1.807, 2.05) is 23.6 Å². The highest BCUT2D eigenvalue weighted by Gasteiger charge is 2.53. The smallest absolute Gasteiger partial charge is 0.252 e. The summed E-state index contributed by atoms with van der Waals surface area (Å²) in [7, 11) is 0. The van der Waals surface area contributed by atoms with E-state index >= 15 is 0 Å². The molecular formula is C14H14N2OS. The Kier molecular flexibility index (Phi) is 2.22. The number of amides is 1. The molecule has 2 aromatic rings. The molecule has 1 aliphatic carbocycles. The molecule has 2 atom stereocenters. The molecule has 0 spiro atoms. The molecular weight excluding hydrogens is 244 g/mol. The molecule has 2 N–H and O–H groups in total. The van der Waals surface area contributed by atoms with Gasteiger partial charge in [0.1, 0.15) is 0 Å². The van der Waals surface area contributed by atoms with Gasteiger partial charge >= 0.3 is 0 Å². The van der Waals surface area contributed by atoms with Crippen molar-refractivity contribution in [3.63, 3.8) is 0 Å². The molecule has 92 valence electrons. The Bertz CT molecular complexity index is 611. The van der Waals surface area contributed by atoms with Gasteiger partial charge in [-0.25, -0.2) is 0 Å². The van der Waals surface area contributed by atoms with Gasteiger partial charge in [0.05, 0.1) is 5.56 Å². The quantitative estimate of drug-likeness (QED) is 0.863. The minimum Gasteiger partial charge on any atom is -0.349 e. The molecule has 2 aliphatic rings. The van der Waals surface area contributed by atoms with Crippen molar-refractivity contribution in [2.75, 3.05) is 13.1 Å². The lowest BCUT2D eigenvalue weighted by Crippen LogP contribution is -2.32. The van der Waals surface area contributed by atoms with Crippen LogP contribution in [0, 0.1) is 11.8 Å². The van der Waals surface area contributed by atoms with Gasteiger partial charge < -0.3 is 10.6 Å². The van der Waals surface area contributed by atoms with Crippen molar-refractivity contribution in [2.45, 2.75) is 6.04 Å².